The maximum Gasteiger partial charge on any atom is 0.492 e. The zero-order chi connectivity index (χ0) is 10.7. The second-order valence-electron chi connectivity index (χ2n) is 2.75. The van der Waals surface area contributed by atoms with Crippen LogP contribution in [0.25, 0.3) is 0 Å². The number of hydrogen-bond acceptors (Lipinski definition) is 5. The van der Waals surface area contributed by atoms with Gasteiger partial charge in [0.15, 0.2) is 0 Å². The molecule has 0 saturated carbocycles. The Balaban J connectivity index is 3.11. The van der Waals surface area contributed by atoms with Crippen LogP contribution in [0.15, 0.2) is 18.2 Å². The molecule has 0 fully saturated rings. The monoisotopic (exact) mass is 196 g/mol. The Kier molecular flexibility index (Phi) is 3.54. The van der Waals surface area contributed by atoms with E-state index in [9.17, 15) is 0 Å². The van der Waals surface area contributed by atoms with Crippen molar-refractivity contribution in [1.29, 1.82) is 0 Å². The van der Waals surface area contributed by atoms with Crippen LogP contribution >= 0.6 is 0 Å². The highest BCUT2D eigenvalue weighted by atomic mass is 16.5. The lowest BCUT2D eigenvalue weighted by Gasteiger charge is -2.09. The smallest absolute Gasteiger partial charge is 0.492 e. The van der Waals surface area contributed by atoms with Gasteiger partial charge in [-0.1, -0.05) is 12.1 Å². The Hall–Kier alpha value is -1.01. The zero-order valence-electron chi connectivity index (χ0n) is 7.58. The highest BCUT2D eigenvalue weighted by Crippen LogP contribution is 2.04. The number of benzene rings is 1. The Labute approximate surface area is 81.9 Å². The van der Waals surface area contributed by atoms with Crippen molar-refractivity contribution in [1.82, 2.24) is 0 Å². The van der Waals surface area contributed by atoms with Gasteiger partial charge < -0.3 is 24.8 Å². The average molecular weight is 196 g/mol. The molecule has 0 amide bonds. The molecule has 1 aromatic carbocycles. The highest BCUT2D eigenvalue weighted by molar-refractivity contribution is 6.61. The van der Waals surface area contributed by atoms with E-state index in [2.05, 4.69) is 0 Å². The van der Waals surface area contributed by atoms with Gasteiger partial charge in [0, 0.05) is 5.46 Å². The molecular formula is C7H10B2O5. The third-order valence-electron chi connectivity index (χ3n) is 1.83. The van der Waals surface area contributed by atoms with Gasteiger partial charge in [-0.15, -0.1) is 0 Å². The Bertz CT molecular complexity index is 315. The van der Waals surface area contributed by atoms with Crippen LogP contribution in [0.3, 0.4) is 0 Å². The average Bonchev–Trinajstić information content (AvgIpc) is 2.16. The molecule has 1 rings (SSSR count). The van der Waals surface area contributed by atoms with Gasteiger partial charge in [0.05, 0.1) is 7.11 Å². The molecule has 14 heavy (non-hydrogen) atoms. The van der Waals surface area contributed by atoms with Gasteiger partial charge in [0.1, 0.15) is 5.75 Å². The van der Waals surface area contributed by atoms with Gasteiger partial charge in [0.2, 0.25) is 0 Å². The minimum Gasteiger partial charge on any atom is -0.497 e. The van der Waals surface area contributed by atoms with E-state index in [0.717, 1.165) is 0 Å². The zero-order valence-corrected chi connectivity index (χ0v) is 7.58. The highest BCUT2D eigenvalue weighted by Gasteiger charge is 2.19. The molecule has 5 nitrogen and oxygen atoms in total. The van der Waals surface area contributed by atoms with Crippen LogP contribution in [0, 0.1) is 0 Å². The van der Waals surface area contributed by atoms with Gasteiger partial charge in [0.25, 0.3) is 0 Å². The molecule has 7 heteroatoms. The van der Waals surface area contributed by atoms with Gasteiger partial charge in [-0.05, 0) is 11.5 Å². The van der Waals surface area contributed by atoms with Crippen molar-refractivity contribution >= 4 is 25.2 Å². The lowest BCUT2D eigenvalue weighted by atomic mass is 9.74. The summed E-state index contributed by atoms with van der Waals surface area (Å²) in [6.07, 6.45) is 0. The minimum absolute atomic E-state index is 0.178. The first-order valence-corrected chi connectivity index (χ1v) is 3.96. The Morgan fingerprint density at radius 2 is 1.71 bits per heavy atom. The lowest BCUT2D eigenvalue weighted by Crippen LogP contribution is -2.36. The van der Waals surface area contributed by atoms with E-state index in [-0.39, 0.29) is 16.7 Å². The molecule has 4 N–H and O–H groups in total. The second-order valence-corrected chi connectivity index (χ2v) is 2.75. The van der Waals surface area contributed by atoms with Crippen LogP contribution in [0.2, 0.25) is 0 Å². The van der Waals surface area contributed by atoms with Crippen LogP contribution in [-0.2, 0) is 0 Å². The quantitative estimate of drug-likeness (QED) is 0.388. The largest absolute Gasteiger partial charge is 0.497 e. The van der Waals surface area contributed by atoms with E-state index >= 15 is 0 Å². The van der Waals surface area contributed by atoms with Crippen LogP contribution < -0.4 is 15.7 Å². The molecule has 0 atom stereocenters. The number of methoxy groups -OCH3 is 1. The first-order chi connectivity index (χ1) is 6.56. The molecule has 0 bridgehead atoms. The number of rotatable bonds is 3. The predicted octanol–water partition coefficient (Wildman–Crippen LogP) is -2.95. The predicted molar refractivity (Wildman–Crippen MR) is 52.6 cm³/mol. The van der Waals surface area contributed by atoms with Crippen molar-refractivity contribution < 1.29 is 24.8 Å². The van der Waals surface area contributed by atoms with Crippen molar-refractivity contribution in [2.45, 2.75) is 0 Å². The topological polar surface area (TPSA) is 90.2 Å². The molecule has 0 aliphatic heterocycles. The third-order valence-corrected chi connectivity index (χ3v) is 1.83. The van der Waals surface area contributed by atoms with Crippen molar-refractivity contribution in [2.24, 2.45) is 0 Å². The summed E-state index contributed by atoms with van der Waals surface area (Å²) in [5.74, 6) is 0.200. The fourth-order valence-electron chi connectivity index (χ4n) is 1.10. The summed E-state index contributed by atoms with van der Waals surface area (Å²) in [5.41, 5.74) is 0.406. The van der Waals surface area contributed by atoms with Gasteiger partial charge in [-0.3, -0.25) is 0 Å². The summed E-state index contributed by atoms with van der Waals surface area (Å²) in [6.45, 7) is 0. The normalized spacial score (nSPS) is 9.79. The fourth-order valence-corrected chi connectivity index (χ4v) is 1.10. The van der Waals surface area contributed by atoms with Crippen molar-refractivity contribution in [3.05, 3.63) is 18.2 Å². The SMILES string of the molecule is COc1cc(B(O)O)ccc1B(O)O. The molecule has 74 valence electrons. The van der Waals surface area contributed by atoms with Crippen LogP contribution in [0.1, 0.15) is 0 Å². The van der Waals surface area contributed by atoms with Crippen molar-refractivity contribution in [3.63, 3.8) is 0 Å². The third kappa shape index (κ3) is 2.27. The maximum absolute atomic E-state index is 8.92. The Morgan fingerprint density at radius 1 is 1.07 bits per heavy atom. The summed E-state index contributed by atoms with van der Waals surface area (Å²) in [4.78, 5) is 0. The van der Waals surface area contributed by atoms with E-state index < -0.39 is 14.2 Å². The molecule has 1 aromatic rings. The van der Waals surface area contributed by atoms with Crippen LogP contribution in [0.5, 0.6) is 5.75 Å². The molecule has 0 unspecified atom stereocenters. The molecular weight excluding hydrogens is 186 g/mol. The standard InChI is InChI=1S/C7H10B2O5/c1-14-7-4-5(8(10)11)2-3-6(7)9(12)13/h2-4,10-13H,1H3. The van der Waals surface area contributed by atoms with Gasteiger partial charge in [-0.25, -0.2) is 0 Å². The first-order valence-electron chi connectivity index (χ1n) is 3.96. The lowest BCUT2D eigenvalue weighted by molar-refractivity contribution is 0.402. The van der Waals surface area contributed by atoms with E-state index in [4.69, 9.17) is 24.8 Å². The summed E-state index contributed by atoms with van der Waals surface area (Å²) in [6, 6.07) is 4.07. The molecule has 0 radical (unpaired) electrons. The van der Waals surface area contributed by atoms with E-state index in [1.54, 1.807) is 0 Å². The summed E-state index contributed by atoms with van der Waals surface area (Å²) in [7, 11) is -1.89. The molecule has 0 aromatic heterocycles. The maximum atomic E-state index is 8.92. The molecule has 0 saturated heterocycles. The molecule has 0 aliphatic carbocycles. The summed E-state index contributed by atoms with van der Waals surface area (Å²) >= 11 is 0. The Morgan fingerprint density at radius 3 is 2.14 bits per heavy atom. The second kappa shape index (κ2) is 4.47. The van der Waals surface area contributed by atoms with Crippen LogP contribution in [-0.4, -0.2) is 41.4 Å². The molecule has 0 aliphatic rings. The van der Waals surface area contributed by atoms with Crippen LogP contribution in [0.4, 0.5) is 0 Å². The number of ether oxygens (including phenoxy) is 1. The number of hydrogen-bond donors (Lipinski definition) is 4. The van der Waals surface area contributed by atoms with Crippen molar-refractivity contribution in [3.8, 4) is 5.75 Å². The molecule has 0 spiro atoms. The van der Waals surface area contributed by atoms with E-state index in [0.29, 0.717) is 0 Å². The fraction of sp³-hybridized carbons (Fsp3) is 0.143. The molecule has 0 heterocycles. The van der Waals surface area contributed by atoms with Gasteiger partial charge in [-0.2, -0.15) is 0 Å². The van der Waals surface area contributed by atoms with E-state index in [1.807, 2.05) is 0 Å². The van der Waals surface area contributed by atoms with E-state index in [1.165, 1.54) is 25.3 Å². The minimum atomic E-state index is -1.64. The first kappa shape index (κ1) is 11.1. The van der Waals surface area contributed by atoms with Gasteiger partial charge >= 0.3 is 14.2 Å². The summed E-state index contributed by atoms with van der Waals surface area (Å²) < 4.78 is 4.86. The van der Waals surface area contributed by atoms with Crippen molar-refractivity contribution in [2.75, 3.05) is 7.11 Å². The summed E-state index contributed by atoms with van der Waals surface area (Å²) in [5, 5.41) is 35.5.